The summed E-state index contributed by atoms with van der Waals surface area (Å²) in [5, 5.41) is 13.0. The van der Waals surface area contributed by atoms with Gasteiger partial charge in [-0.15, -0.1) is 0 Å². The minimum absolute atomic E-state index is 0.166. The van der Waals surface area contributed by atoms with Crippen LogP contribution in [0.4, 0.5) is 24.8 Å². The molecule has 6 nitrogen and oxygen atoms in total. The number of fused-ring (bicyclic) bond motifs is 1. The third-order valence-corrected chi connectivity index (χ3v) is 4.21. The van der Waals surface area contributed by atoms with E-state index in [9.17, 15) is 23.3 Å². The van der Waals surface area contributed by atoms with E-state index < -0.39 is 16.7 Å². The van der Waals surface area contributed by atoms with Crippen molar-refractivity contribution in [1.82, 2.24) is 9.38 Å². The van der Waals surface area contributed by atoms with Crippen molar-refractivity contribution in [3.8, 4) is 0 Å². The van der Waals surface area contributed by atoms with Crippen molar-refractivity contribution < 1.29 is 18.1 Å². The molecule has 0 radical (unpaired) electrons. The fourth-order valence-electron chi connectivity index (χ4n) is 2.34. The number of imidazole rings is 1. The summed E-state index contributed by atoms with van der Waals surface area (Å²) in [4.78, 5) is 17.0. The number of hydrogen-bond donors (Lipinski definition) is 0. The van der Waals surface area contributed by atoms with E-state index in [2.05, 4.69) is 4.98 Å². The van der Waals surface area contributed by atoms with Crippen LogP contribution in [0, 0.1) is 10.1 Å². The summed E-state index contributed by atoms with van der Waals surface area (Å²) < 4.78 is 39.1. The summed E-state index contributed by atoms with van der Waals surface area (Å²) >= 11 is 1.26. The Morgan fingerprint density at radius 1 is 1.33 bits per heavy atom. The average molecular weight is 356 g/mol. The van der Waals surface area contributed by atoms with Crippen LogP contribution >= 0.6 is 11.3 Å². The lowest BCUT2D eigenvalue weighted by molar-refractivity contribution is -0.389. The first kappa shape index (κ1) is 16.2. The highest BCUT2D eigenvalue weighted by Crippen LogP contribution is 2.32. The van der Waals surface area contributed by atoms with Gasteiger partial charge in [0.15, 0.2) is 0 Å². The smallest absolute Gasteiger partial charge is 0.358 e. The summed E-state index contributed by atoms with van der Waals surface area (Å²) in [6.07, 6.45) is -2.84. The highest BCUT2D eigenvalue weighted by molar-refractivity contribution is 7.15. The molecule has 0 atom stereocenters. The molecule has 0 aliphatic carbocycles. The van der Waals surface area contributed by atoms with Crippen LogP contribution in [0.5, 0.6) is 0 Å². The van der Waals surface area contributed by atoms with E-state index in [0.29, 0.717) is 10.5 Å². The van der Waals surface area contributed by atoms with Gasteiger partial charge in [-0.3, -0.25) is 0 Å². The molecule has 126 valence electrons. The second-order valence-corrected chi connectivity index (χ2v) is 6.00. The number of nitro groups is 1. The molecule has 3 rings (SSSR count). The second kappa shape index (κ2) is 5.78. The lowest BCUT2D eigenvalue weighted by Gasteiger charge is -2.16. The molecular formula is C14H11F3N4O2S. The van der Waals surface area contributed by atoms with Gasteiger partial charge in [0.2, 0.25) is 5.82 Å². The van der Waals surface area contributed by atoms with Gasteiger partial charge in [-0.1, -0.05) is 23.5 Å². The van der Waals surface area contributed by atoms with E-state index in [-0.39, 0.29) is 18.2 Å². The van der Waals surface area contributed by atoms with Crippen molar-refractivity contribution in [1.29, 1.82) is 0 Å². The first-order valence-electron chi connectivity index (χ1n) is 6.74. The summed E-state index contributed by atoms with van der Waals surface area (Å²) in [6, 6.07) is 4.68. The monoisotopic (exact) mass is 356 g/mol. The molecule has 2 heterocycles. The third-order valence-electron chi connectivity index (χ3n) is 3.45. The number of alkyl halides is 3. The molecule has 0 fully saturated rings. The first-order chi connectivity index (χ1) is 11.3. The van der Waals surface area contributed by atoms with Crippen LogP contribution in [-0.4, -0.2) is 21.4 Å². The Labute approximate surface area is 137 Å². The molecule has 0 saturated heterocycles. The van der Waals surface area contributed by atoms with Gasteiger partial charge in [0.25, 0.3) is 4.96 Å². The number of thiazole rings is 1. The number of nitrogens with zero attached hydrogens (tertiary/aromatic N) is 4. The summed E-state index contributed by atoms with van der Waals surface area (Å²) in [5.41, 5.74) is -0.140. The van der Waals surface area contributed by atoms with Gasteiger partial charge in [-0.05, 0) is 22.6 Å². The summed E-state index contributed by atoms with van der Waals surface area (Å²) in [6.45, 7) is 0.198. The molecule has 2 aromatic heterocycles. The minimum atomic E-state index is -4.39. The van der Waals surface area contributed by atoms with Gasteiger partial charge in [-0.2, -0.15) is 22.6 Å². The van der Waals surface area contributed by atoms with Crippen LogP contribution in [0.3, 0.4) is 0 Å². The largest absolute Gasteiger partial charge is 0.416 e. The zero-order valence-corrected chi connectivity index (χ0v) is 13.1. The zero-order chi connectivity index (χ0) is 17.5. The molecular weight excluding hydrogens is 345 g/mol. The molecule has 0 N–H and O–H groups in total. The van der Waals surface area contributed by atoms with Crippen molar-refractivity contribution in [2.45, 2.75) is 12.7 Å². The Kier molecular flexibility index (Phi) is 3.91. The number of halogens is 3. The zero-order valence-electron chi connectivity index (χ0n) is 12.3. The van der Waals surface area contributed by atoms with Crippen LogP contribution in [0.15, 0.2) is 35.8 Å². The Morgan fingerprint density at radius 3 is 2.58 bits per heavy atom. The van der Waals surface area contributed by atoms with E-state index >= 15 is 0 Å². The number of rotatable bonds is 4. The second-order valence-electron chi connectivity index (χ2n) is 5.12. The van der Waals surface area contributed by atoms with E-state index in [1.807, 2.05) is 0 Å². The Balaban J connectivity index is 1.87. The molecule has 0 amide bonds. The fourth-order valence-corrected chi connectivity index (χ4v) is 3.04. The predicted octanol–water partition coefficient (Wildman–Crippen LogP) is 3.96. The fraction of sp³-hybridized carbons (Fsp3) is 0.214. The lowest BCUT2D eigenvalue weighted by atomic mass is 10.1. The normalized spacial score (nSPS) is 11.8. The van der Waals surface area contributed by atoms with E-state index in [0.717, 1.165) is 12.1 Å². The standard InChI is InChI=1S/C14H11F3N4O2S/c1-19(8-9-2-4-10(5-3-9)14(15,16)17)11-12(21(22)23)20-6-7-24-13(20)18-11/h2-7H,8H2,1H3. The predicted molar refractivity (Wildman–Crippen MR) is 83.3 cm³/mol. The Hall–Kier alpha value is -2.62. The van der Waals surface area contributed by atoms with Crippen LogP contribution in [0.25, 0.3) is 4.96 Å². The van der Waals surface area contributed by atoms with Crippen molar-refractivity contribution in [2.24, 2.45) is 0 Å². The molecule has 24 heavy (non-hydrogen) atoms. The summed E-state index contributed by atoms with van der Waals surface area (Å²) in [5.74, 6) is 0.00686. The maximum atomic E-state index is 12.6. The minimum Gasteiger partial charge on any atom is -0.358 e. The molecule has 10 heteroatoms. The number of anilines is 1. The summed E-state index contributed by atoms with van der Waals surface area (Å²) in [7, 11) is 1.61. The highest BCUT2D eigenvalue weighted by atomic mass is 32.1. The molecule has 0 unspecified atom stereocenters. The Bertz CT molecular complexity index is 886. The molecule has 1 aromatic carbocycles. The van der Waals surface area contributed by atoms with Crippen LogP contribution < -0.4 is 4.90 Å². The quantitative estimate of drug-likeness (QED) is 0.524. The van der Waals surface area contributed by atoms with Crippen LogP contribution in [0.2, 0.25) is 0 Å². The highest BCUT2D eigenvalue weighted by Gasteiger charge is 2.30. The molecule has 0 saturated carbocycles. The van der Waals surface area contributed by atoms with Crippen molar-refractivity contribution >= 4 is 27.9 Å². The van der Waals surface area contributed by atoms with Crippen LogP contribution in [0.1, 0.15) is 11.1 Å². The third kappa shape index (κ3) is 2.92. The van der Waals surface area contributed by atoms with Crippen molar-refractivity contribution in [3.05, 3.63) is 57.1 Å². The SMILES string of the molecule is CN(Cc1ccc(C(F)(F)F)cc1)c1nc2sccn2c1[N+](=O)[O-]. The molecule has 3 aromatic rings. The van der Waals surface area contributed by atoms with Gasteiger partial charge in [0, 0.05) is 19.0 Å². The van der Waals surface area contributed by atoms with E-state index in [1.54, 1.807) is 23.5 Å². The first-order valence-corrected chi connectivity index (χ1v) is 7.62. The van der Waals surface area contributed by atoms with Gasteiger partial charge in [0.05, 0.1) is 5.56 Å². The molecule has 0 aliphatic heterocycles. The lowest BCUT2D eigenvalue weighted by Crippen LogP contribution is -2.18. The number of aromatic nitrogens is 2. The average Bonchev–Trinajstić information content (AvgIpc) is 3.06. The number of hydrogen-bond acceptors (Lipinski definition) is 5. The van der Waals surface area contributed by atoms with Crippen molar-refractivity contribution in [3.63, 3.8) is 0 Å². The molecule has 0 spiro atoms. The maximum Gasteiger partial charge on any atom is 0.416 e. The van der Waals surface area contributed by atoms with Gasteiger partial charge in [0.1, 0.15) is 6.20 Å². The van der Waals surface area contributed by atoms with Gasteiger partial charge < -0.3 is 15.0 Å². The molecule has 0 aliphatic rings. The maximum absolute atomic E-state index is 12.6. The Morgan fingerprint density at radius 2 is 2.00 bits per heavy atom. The van der Waals surface area contributed by atoms with Gasteiger partial charge in [-0.25, -0.2) is 0 Å². The number of benzene rings is 1. The van der Waals surface area contributed by atoms with Crippen molar-refractivity contribution in [2.75, 3.05) is 11.9 Å². The van der Waals surface area contributed by atoms with Gasteiger partial charge >= 0.3 is 12.0 Å². The molecule has 0 bridgehead atoms. The topological polar surface area (TPSA) is 63.7 Å². The van der Waals surface area contributed by atoms with E-state index in [1.165, 1.54) is 27.9 Å². The van der Waals surface area contributed by atoms with E-state index in [4.69, 9.17) is 0 Å². The van der Waals surface area contributed by atoms with Crippen LogP contribution in [-0.2, 0) is 12.7 Å².